The van der Waals surface area contributed by atoms with Gasteiger partial charge in [0, 0.05) is 12.6 Å². The molecule has 0 aromatic heterocycles. The number of hydrogen-bond acceptors (Lipinski definition) is 4. The maximum atomic E-state index is 12.5. The van der Waals surface area contributed by atoms with Gasteiger partial charge in [-0.2, -0.15) is 4.31 Å². The summed E-state index contributed by atoms with van der Waals surface area (Å²) in [7, 11) is -3.56. The summed E-state index contributed by atoms with van der Waals surface area (Å²) in [4.78, 5) is 0.182. The standard InChI is InChI=1S/C12H17NO4S/c1-10-9-17-7-6-13(10)18(15,16)12-5-3-2-4-11(12)8-14/h2-5,10,14H,6-9H2,1H3. The molecule has 1 aromatic carbocycles. The lowest BCUT2D eigenvalue weighted by Gasteiger charge is -2.32. The maximum Gasteiger partial charge on any atom is 0.243 e. The predicted molar refractivity (Wildman–Crippen MR) is 66.5 cm³/mol. The van der Waals surface area contributed by atoms with Gasteiger partial charge in [-0.3, -0.25) is 0 Å². The molecule has 1 aliphatic rings. The Balaban J connectivity index is 2.41. The monoisotopic (exact) mass is 271 g/mol. The van der Waals surface area contributed by atoms with E-state index in [9.17, 15) is 13.5 Å². The molecule has 1 saturated heterocycles. The zero-order valence-corrected chi connectivity index (χ0v) is 11.1. The number of sulfonamides is 1. The summed E-state index contributed by atoms with van der Waals surface area (Å²) in [5.41, 5.74) is 0.427. The van der Waals surface area contributed by atoms with Gasteiger partial charge in [-0.05, 0) is 18.6 Å². The van der Waals surface area contributed by atoms with Crippen molar-refractivity contribution >= 4 is 10.0 Å². The topological polar surface area (TPSA) is 66.8 Å². The molecular formula is C12H17NO4S. The molecule has 1 heterocycles. The minimum Gasteiger partial charge on any atom is -0.392 e. The molecule has 0 saturated carbocycles. The number of morpholine rings is 1. The van der Waals surface area contributed by atoms with E-state index >= 15 is 0 Å². The first kappa shape index (κ1) is 13.5. The molecule has 6 heteroatoms. The molecule has 2 rings (SSSR count). The molecule has 1 N–H and O–H groups in total. The van der Waals surface area contributed by atoms with Crippen molar-refractivity contribution in [3.63, 3.8) is 0 Å². The molecule has 0 amide bonds. The van der Waals surface area contributed by atoms with E-state index in [1.165, 1.54) is 10.4 Å². The number of benzene rings is 1. The van der Waals surface area contributed by atoms with Crippen LogP contribution in [0.1, 0.15) is 12.5 Å². The Bertz CT molecular complexity index is 515. The Kier molecular flexibility index (Phi) is 4.01. The van der Waals surface area contributed by atoms with Crippen LogP contribution in [0.5, 0.6) is 0 Å². The first-order chi connectivity index (χ1) is 8.57. The minimum absolute atomic E-state index is 0.182. The van der Waals surface area contributed by atoms with Crippen molar-refractivity contribution in [3.05, 3.63) is 29.8 Å². The van der Waals surface area contributed by atoms with Crippen molar-refractivity contribution in [1.82, 2.24) is 4.31 Å². The Morgan fingerprint density at radius 3 is 2.83 bits per heavy atom. The Hall–Kier alpha value is -0.950. The highest BCUT2D eigenvalue weighted by Gasteiger charge is 2.32. The van der Waals surface area contributed by atoms with Gasteiger partial charge in [-0.1, -0.05) is 18.2 Å². The molecule has 0 aliphatic carbocycles. The molecule has 1 aromatic rings. The third-order valence-electron chi connectivity index (χ3n) is 3.04. The van der Waals surface area contributed by atoms with Crippen molar-refractivity contribution < 1.29 is 18.3 Å². The third kappa shape index (κ3) is 2.42. The normalized spacial score (nSPS) is 22.0. The number of aliphatic hydroxyl groups excluding tert-OH is 1. The van der Waals surface area contributed by atoms with E-state index in [1.807, 2.05) is 6.92 Å². The van der Waals surface area contributed by atoms with Crippen molar-refractivity contribution in [3.8, 4) is 0 Å². The van der Waals surface area contributed by atoms with E-state index in [0.29, 0.717) is 25.3 Å². The molecule has 5 nitrogen and oxygen atoms in total. The van der Waals surface area contributed by atoms with Crippen molar-refractivity contribution in [1.29, 1.82) is 0 Å². The Morgan fingerprint density at radius 1 is 1.44 bits per heavy atom. The van der Waals surface area contributed by atoms with Crippen molar-refractivity contribution in [2.24, 2.45) is 0 Å². The lowest BCUT2D eigenvalue weighted by molar-refractivity contribution is 0.0392. The van der Waals surface area contributed by atoms with Crippen LogP contribution in [-0.2, 0) is 21.4 Å². The first-order valence-electron chi connectivity index (χ1n) is 5.85. The van der Waals surface area contributed by atoms with E-state index in [2.05, 4.69) is 0 Å². The van der Waals surface area contributed by atoms with Gasteiger partial charge in [0.2, 0.25) is 10.0 Å². The highest BCUT2D eigenvalue weighted by Crippen LogP contribution is 2.23. The number of aliphatic hydroxyl groups is 1. The van der Waals surface area contributed by atoms with Crippen LogP contribution < -0.4 is 0 Å². The summed E-state index contributed by atoms with van der Waals surface area (Å²) in [5.74, 6) is 0. The van der Waals surface area contributed by atoms with Crippen LogP contribution in [0.4, 0.5) is 0 Å². The SMILES string of the molecule is CC1COCCN1S(=O)(=O)c1ccccc1CO. The molecule has 0 radical (unpaired) electrons. The lowest BCUT2D eigenvalue weighted by atomic mass is 10.2. The van der Waals surface area contributed by atoms with E-state index in [1.54, 1.807) is 18.2 Å². The van der Waals surface area contributed by atoms with Crippen LogP contribution in [0.15, 0.2) is 29.2 Å². The predicted octanol–water partition coefficient (Wildman–Crippen LogP) is 0.588. The fraction of sp³-hybridized carbons (Fsp3) is 0.500. The van der Waals surface area contributed by atoms with Gasteiger partial charge in [-0.15, -0.1) is 0 Å². The van der Waals surface area contributed by atoms with Gasteiger partial charge in [-0.25, -0.2) is 8.42 Å². The number of hydrogen-bond donors (Lipinski definition) is 1. The number of nitrogens with zero attached hydrogens (tertiary/aromatic N) is 1. The molecule has 0 spiro atoms. The van der Waals surface area contributed by atoms with Gasteiger partial charge < -0.3 is 9.84 Å². The summed E-state index contributed by atoms with van der Waals surface area (Å²) in [5, 5.41) is 9.24. The fourth-order valence-electron chi connectivity index (χ4n) is 2.08. The minimum atomic E-state index is -3.56. The number of rotatable bonds is 3. The second kappa shape index (κ2) is 5.36. The molecule has 0 bridgehead atoms. The zero-order chi connectivity index (χ0) is 13.2. The van der Waals surface area contributed by atoms with Crippen molar-refractivity contribution in [2.45, 2.75) is 24.5 Å². The zero-order valence-electron chi connectivity index (χ0n) is 10.2. The molecule has 1 atom stereocenters. The van der Waals surface area contributed by atoms with Gasteiger partial charge in [0.1, 0.15) is 0 Å². The molecule has 1 fully saturated rings. The highest BCUT2D eigenvalue weighted by molar-refractivity contribution is 7.89. The largest absolute Gasteiger partial charge is 0.392 e. The van der Waals surface area contributed by atoms with Crippen molar-refractivity contribution in [2.75, 3.05) is 19.8 Å². The van der Waals surface area contributed by atoms with E-state index in [-0.39, 0.29) is 17.5 Å². The molecule has 1 aliphatic heterocycles. The summed E-state index contributed by atoms with van der Waals surface area (Å²) < 4.78 is 31.8. The quantitative estimate of drug-likeness (QED) is 0.873. The molecule has 1 unspecified atom stereocenters. The second-order valence-electron chi connectivity index (χ2n) is 4.31. The Morgan fingerprint density at radius 2 is 2.17 bits per heavy atom. The van der Waals surface area contributed by atoms with Crippen LogP contribution in [0, 0.1) is 0 Å². The summed E-state index contributed by atoms with van der Waals surface area (Å²) in [6.45, 7) is 2.70. The van der Waals surface area contributed by atoms with Crippen LogP contribution in [0.3, 0.4) is 0 Å². The average Bonchev–Trinajstić information content (AvgIpc) is 2.39. The summed E-state index contributed by atoms with van der Waals surface area (Å²) in [6.07, 6.45) is 0. The Labute approximate surface area is 107 Å². The van der Waals surface area contributed by atoms with Crippen LogP contribution in [0.2, 0.25) is 0 Å². The average molecular weight is 271 g/mol. The first-order valence-corrected chi connectivity index (χ1v) is 7.29. The fourth-order valence-corrected chi connectivity index (χ4v) is 3.90. The number of ether oxygens (including phenoxy) is 1. The maximum absolute atomic E-state index is 12.5. The smallest absolute Gasteiger partial charge is 0.243 e. The van der Waals surface area contributed by atoms with E-state index in [4.69, 9.17) is 4.74 Å². The van der Waals surface area contributed by atoms with Gasteiger partial charge in [0.15, 0.2) is 0 Å². The van der Waals surface area contributed by atoms with Crippen LogP contribution >= 0.6 is 0 Å². The summed E-state index contributed by atoms with van der Waals surface area (Å²) in [6, 6.07) is 6.35. The highest BCUT2D eigenvalue weighted by atomic mass is 32.2. The van der Waals surface area contributed by atoms with E-state index in [0.717, 1.165) is 0 Å². The van der Waals surface area contributed by atoms with Gasteiger partial charge in [0.25, 0.3) is 0 Å². The van der Waals surface area contributed by atoms with Crippen LogP contribution in [-0.4, -0.2) is 43.6 Å². The molecule has 18 heavy (non-hydrogen) atoms. The summed E-state index contributed by atoms with van der Waals surface area (Å²) >= 11 is 0. The van der Waals surface area contributed by atoms with Gasteiger partial charge >= 0.3 is 0 Å². The van der Waals surface area contributed by atoms with E-state index < -0.39 is 10.0 Å². The second-order valence-corrected chi connectivity index (χ2v) is 6.16. The molecule has 100 valence electrons. The van der Waals surface area contributed by atoms with Crippen LogP contribution in [0.25, 0.3) is 0 Å². The lowest BCUT2D eigenvalue weighted by Crippen LogP contribution is -2.47. The molecular weight excluding hydrogens is 254 g/mol. The third-order valence-corrected chi connectivity index (χ3v) is 5.15. The van der Waals surface area contributed by atoms with Gasteiger partial charge in [0.05, 0.1) is 24.7 Å².